The van der Waals surface area contributed by atoms with Crippen molar-refractivity contribution in [2.24, 2.45) is 0 Å². The van der Waals surface area contributed by atoms with Crippen LogP contribution in [-0.4, -0.2) is 70.8 Å². The third-order valence-electron chi connectivity index (χ3n) is 5.76. The van der Waals surface area contributed by atoms with Crippen LogP contribution in [0.1, 0.15) is 18.4 Å². The number of aryl methyl sites for hydroxylation is 1. The van der Waals surface area contributed by atoms with Gasteiger partial charge in [0, 0.05) is 19.6 Å². The van der Waals surface area contributed by atoms with E-state index in [1.54, 1.807) is 17.0 Å². The highest BCUT2D eigenvalue weighted by Gasteiger charge is 2.41. The number of morpholine rings is 1. The van der Waals surface area contributed by atoms with E-state index in [0.717, 1.165) is 5.56 Å². The Morgan fingerprint density at radius 1 is 0.909 bits per heavy atom. The van der Waals surface area contributed by atoms with Crippen molar-refractivity contribution in [3.05, 3.63) is 54.1 Å². The maximum absolute atomic E-state index is 13.3. The Kier molecular flexibility index (Phi) is 6.76. The monoisotopic (exact) mass is 494 g/mol. The molecule has 11 heteroatoms. The van der Waals surface area contributed by atoms with E-state index in [1.165, 1.54) is 40.7 Å². The van der Waals surface area contributed by atoms with Crippen LogP contribution in [0.4, 0.5) is 0 Å². The maximum Gasteiger partial charge on any atom is 0.339 e. The number of rotatable bonds is 6. The lowest BCUT2D eigenvalue weighted by molar-refractivity contribution is -0.138. The summed E-state index contributed by atoms with van der Waals surface area (Å²) in [5.41, 5.74) is 0.913. The van der Waals surface area contributed by atoms with Crippen LogP contribution in [0.2, 0.25) is 0 Å². The number of benzene rings is 2. The largest absolute Gasteiger partial charge is 0.379 e. The minimum atomic E-state index is -4.05. The van der Waals surface area contributed by atoms with Gasteiger partial charge < -0.3 is 13.8 Å². The van der Waals surface area contributed by atoms with Gasteiger partial charge in [-0.2, -0.15) is 12.7 Å². The summed E-state index contributed by atoms with van der Waals surface area (Å²) in [5.74, 6) is -0.208. The van der Waals surface area contributed by atoms with Crippen molar-refractivity contribution in [1.82, 2.24) is 9.21 Å². The van der Waals surface area contributed by atoms with Crippen LogP contribution in [0.5, 0.6) is 5.75 Å². The summed E-state index contributed by atoms with van der Waals surface area (Å²) in [7, 11) is -7.99. The lowest BCUT2D eigenvalue weighted by atomic mass is 10.2. The SMILES string of the molecule is Cc1ccc(S(=O)(=O)Oc2ccc(S(=O)(=O)N3CCC[C@@H]3C(=O)N3CCOCC3)cc2)cc1. The third kappa shape index (κ3) is 5.06. The van der Waals surface area contributed by atoms with Gasteiger partial charge in [-0.05, 0) is 56.2 Å². The molecule has 0 unspecified atom stereocenters. The second-order valence-corrected chi connectivity index (χ2v) is 11.5. The molecule has 178 valence electrons. The van der Waals surface area contributed by atoms with E-state index >= 15 is 0 Å². The van der Waals surface area contributed by atoms with Crippen LogP contribution in [0, 0.1) is 6.92 Å². The van der Waals surface area contributed by atoms with Gasteiger partial charge in [0.1, 0.15) is 16.7 Å². The molecule has 4 rings (SSSR count). The molecule has 2 aliphatic rings. The highest BCUT2D eigenvalue weighted by Crippen LogP contribution is 2.29. The molecule has 33 heavy (non-hydrogen) atoms. The number of sulfonamides is 1. The highest BCUT2D eigenvalue weighted by atomic mass is 32.2. The number of amides is 1. The van der Waals surface area contributed by atoms with Crippen LogP contribution in [0.3, 0.4) is 0 Å². The second-order valence-electron chi connectivity index (χ2n) is 8.03. The fourth-order valence-electron chi connectivity index (χ4n) is 3.95. The van der Waals surface area contributed by atoms with E-state index in [9.17, 15) is 21.6 Å². The van der Waals surface area contributed by atoms with Crippen LogP contribution in [0.25, 0.3) is 0 Å². The Hall–Kier alpha value is -2.47. The molecule has 2 fully saturated rings. The van der Waals surface area contributed by atoms with Gasteiger partial charge in [-0.25, -0.2) is 8.42 Å². The first-order valence-corrected chi connectivity index (χ1v) is 13.5. The number of carbonyl (C=O) groups is 1. The van der Waals surface area contributed by atoms with Crippen LogP contribution in [-0.2, 0) is 29.7 Å². The van der Waals surface area contributed by atoms with Gasteiger partial charge in [0.15, 0.2) is 0 Å². The third-order valence-corrected chi connectivity index (χ3v) is 8.94. The molecule has 0 radical (unpaired) electrons. The topological polar surface area (TPSA) is 110 Å². The molecule has 0 aromatic heterocycles. The maximum atomic E-state index is 13.3. The predicted molar refractivity (Wildman–Crippen MR) is 120 cm³/mol. The molecule has 2 saturated heterocycles. The molecular weight excluding hydrogens is 468 g/mol. The number of hydrogen-bond acceptors (Lipinski definition) is 7. The summed E-state index contributed by atoms with van der Waals surface area (Å²) < 4.78 is 63.1. The van der Waals surface area contributed by atoms with Gasteiger partial charge in [-0.15, -0.1) is 0 Å². The smallest absolute Gasteiger partial charge is 0.339 e. The fraction of sp³-hybridized carbons (Fsp3) is 0.409. The molecule has 0 saturated carbocycles. The van der Waals surface area contributed by atoms with Crippen molar-refractivity contribution in [3.63, 3.8) is 0 Å². The van der Waals surface area contributed by atoms with Crippen LogP contribution >= 0.6 is 0 Å². The van der Waals surface area contributed by atoms with E-state index in [2.05, 4.69) is 0 Å². The fourth-order valence-corrected chi connectivity index (χ4v) is 6.53. The summed E-state index contributed by atoms with van der Waals surface area (Å²) >= 11 is 0. The van der Waals surface area contributed by atoms with Crippen molar-refractivity contribution in [3.8, 4) is 5.75 Å². The average Bonchev–Trinajstić information content (AvgIpc) is 3.30. The van der Waals surface area contributed by atoms with Crippen LogP contribution in [0.15, 0.2) is 58.3 Å². The van der Waals surface area contributed by atoms with Gasteiger partial charge in [0.05, 0.1) is 18.1 Å². The van der Waals surface area contributed by atoms with Gasteiger partial charge in [-0.1, -0.05) is 17.7 Å². The van der Waals surface area contributed by atoms with E-state index in [0.29, 0.717) is 39.1 Å². The van der Waals surface area contributed by atoms with Crippen LogP contribution < -0.4 is 4.18 Å². The number of nitrogens with zero attached hydrogens (tertiary/aromatic N) is 2. The molecule has 1 amide bonds. The van der Waals surface area contributed by atoms with E-state index in [1.807, 2.05) is 6.92 Å². The first-order chi connectivity index (χ1) is 15.7. The Balaban J connectivity index is 1.50. The molecule has 0 spiro atoms. The normalized spacial score (nSPS) is 20.0. The summed E-state index contributed by atoms with van der Waals surface area (Å²) in [5, 5.41) is 0. The van der Waals surface area contributed by atoms with Crippen molar-refractivity contribution in [2.75, 3.05) is 32.8 Å². The summed E-state index contributed by atoms with van der Waals surface area (Å²) in [4.78, 5) is 14.6. The number of carbonyl (C=O) groups excluding carboxylic acids is 1. The van der Waals surface area contributed by atoms with Crippen molar-refractivity contribution in [2.45, 2.75) is 35.6 Å². The second kappa shape index (κ2) is 9.41. The lowest BCUT2D eigenvalue weighted by Gasteiger charge is -2.32. The van der Waals surface area contributed by atoms with Crippen molar-refractivity contribution in [1.29, 1.82) is 0 Å². The zero-order chi connectivity index (χ0) is 23.6. The highest BCUT2D eigenvalue weighted by molar-refractivity contribution is 7.89. The number of ether oxygens (including phenoxy) is 1. The molecule has 2 heterocycles. The molecule has 9 nitrogen and oxygen atoms in total. The van der Waals surface area contributed by atoms with E-state index in [4.69, 9.17) is 8.92 Å². The van der Waals surface area contributed by atoms with E-state index in [-0.39, 0.29) is 28.0 Å². The molecule has 2 aromatic carbocycles. The first-order valence-electron chi connectivity index (χ1n) is 10.7. The van der Waals surface area contributed by atoms with Gasteiger partial charge in [0.2, 0.25) is 15.9 Å². The van der Waals surface area contributed by atoms with Gasteiger partial charge in [-0.3, -0.25) is 4.79 Å². The Morgan fingerprint density at radius 3 is 2.15 bits per heavy atom. The summed E-state index contributed by atoms with van der Waals surface area (Å²) in [6.45, 7) is 3.88. The minimum Gasteiger partial charge on any atom is -0.379 e. The Bertz CT molecular complexity index is 1200. The van der Waals surface area contributed by atoms with Gasteiger partial charge in [0.25, 0.3) is 0 Å². The Morgan fingerprint density at radius 2 is 1.52 bits per heavy atom. The molecule has 1 atom stereocenters. The van der Waals surface area contributed by atoms with E-state index < -0.39 is 26.2 Å². The molecule has 2 aliphatic heterocycles. The average molecular weight is 495 g/mol. The molecule has 2 aromatic rings. The zero-order valence-corrected chi connectivity index (χ0v) is 19.8. The minimum absolute atomic E-state index is 0.00288. The number of hydrogen-bond donors (Lipinski definition) is 0. The standard InChI is InChI=1S/C22H26N2O7S2/c1-17-4-8-20(9-5-17)33(28,29)31-18-6-10-19(11-7-18)32(26,27)24-12-2-3-21(24)22(25)23-13-15-30-16-14-23/h4-11,21H,2-3,12-16H2,1H3/t21-/m1/s1. The summed E-state index contributed by atoms with van der Waals surface area (Å²) in [6, 6.07) is 10.7. The first kappa shape index (κ1) is 23.7. The molecule has 0 aliphatic carbocycles. The molecule has 0 N–H and O–H groups in total. The summed E-state index contributed by atoms with van der Waals surface area (Å²) in [6.07, 6.45) is 1.06. The molecular formula is C22H26N2O7S2. The quantitative estimate of drug-likeness (QED) is 0.563. The molecule has 0 bridgehead atoms. The Labute approximate surface area is 194 Å². The van der Waals surface area contributed by atoms with Crippen molar-refractivity contribution < 1.29 is 30.6 Å². The zero-order valence-electron chi connectivity index (χ0n) is 18.2. The predicted octanol–water partition coefficient (Wildman–Crippen LogP) is 1.77. The van der Waals surface area contributed by atoms with Gasteiger partial charge >= 0.3 is 10.1 Å². The lowest BCUT2D eigenvalue weighted by Crippen LogP contribution is -2.50. The van der Waals surface area contributed by atoms with Crippen molar-refractivity contribution >= 4 is 26.0 Å².